The summed E-state index contributed by atoms with van der Waals surface area (Å²) in [7, 11) is 0. The van der Waals surface area contributed by atoms with Gasteiger partial charge in [0.15, 0.2) is 25.0 Å². The Hall–Kier alpha value is -1.72. The van der Waals surface area contributed by atoms with Gasteiger partial charge in [-0.1, -0.05) is 30.3 Å². The first kappa shape index (κ1) is 21.3. The van der Waals surface area contributed by atoms with E-state index < -0.39 is 0 Å². The average Bonchev–Trinajstić information content (AvgIpc) is 2.57. The molecule has 25 heavy (non-hydrogen) atoms. The molecular weight excluding hydrogens is 444 g/mol. The van der Waals surface area contributed by atoms with Crippen molar-refractivity contribution in [3.8, 4) is 0 Å². The minimum Gasteiger partial charge on any atom is -1.00 e. The van der Waals surface area contributed by atoms with Crippen LogP contribution in [0.4, 0.5) is 0 Å². The van der Waals surface area contributed by atoms with Crippen LogP contribution in [-0.2, 0) is 13.2 Å². The van der Waals surface area contributed by atoms with Crippen molar-refractivity contribution < 1.29 is 48.1 Å². The van der Waals surface area contributed by atoms with Crippen LogP contribution in [0.3, 0.4) is 0 Å². The van der Waals surface area contributed by atoms with Crippen LogP contribution in [0.5, 0.6) is 0 Å². The van der Waals surface area contributed by atoms with E-state index in [1.54, 1.807) is 4.73 Å². The van der Waals surface area contributed by atoms with Crippen LogP contribution in [0.15, 0.2) is 73.1 Å². The maximum Gasteiger partial charge on any atom is 0.231 e. The molecule has 0 saturated carbocycles. The molecule has 0 spiro atoms. The predicted octanol–water partition coefficient (Wildman–Crippen LogP) is -3.44. The summed E-state index contributed by atoms with van der Waals surface area (Å²) in [6.07, 6.45) is 4.04. The highest BCUT2D eigenvalue weighted by molar-refractivity contribution is 5.21. The normalized spacial score (nSPS) is 9.68. The van der Waals surface area contributed by atoms with Crippen LogP contribution in [0, 0.1) is 13.8 Å². The summed E-state index contributed by atoms with van der Waals surface area (Å²) in [6.45, 7) is 5.61. The molecule has 1 aromatic carbocycles. The van der Waals surface area contributed by atoms with Crippen molar-refractivity contribution in [1.29, 1.82) is 0 Å². The number of rotatable bonds is 5. The Balaban J connectivity index is 0.00000156. The molecule has 5 heteroatoms. The molecule has 3 nitrogen and oxygen atoms in total. The fourth-order valence-electron chi connectivity index (χ4n) is 2.48. The molecule has 0 N–H and O–H groups in total. The third-order valence-electron chi connectivity index (χ3n) is 3.93. The van der Waals surface area contributed by atoms with Gasteiger partial charge in [0.05, 0.1) is 0 Å². The summed E-state index contributed by atoms with van der Waals surface area (Å²) in [5.74, 6) is 0. The fraction of sp³-hybridized carbons (Fsp3) is 0.200. The number of halogens is 2. The molecule has 3 rings (SSSR count). The quantitative estimate of drug-likeness (QED) is 0.358. The molecule has 0 saturated heterocycles. The first-order chi connectivity index (χ1) is 11.2. The third-order valence-corrected chi connectivity index (χ3v) is 3.93. The number of hydrogen-bond acceptors (Lipinski definition) is 1. The van der Waals surface area contributed by atoms with Crippen LogP contribution in [-0.4, -0.2) is 0 Å². The van der Waals surface area contributed by atoms with E-state index in [4.69, 9.17) is 4.84 Å². The predicted molar refractivity (Wildman–Crippen MR) is 88.6 cm³/mol. The third kappa shape index (κ3) is 5.94. The molecule has 0 aliphatic heterocycles. The van der Waals surface area contributed by atoms with E-state index in [-0.39, 0.29) is 34.0 Å². The Kier molecular flexibility index (Phi) is 8.79. The minimum absolute atomic E-state index is 0. The second-order valence-electron chi connectivity index (χ2n) is 5.73. The molecule has 0 atom stereocenters. The summed E-state index contributed by atoms with van der Waals surface area (Å²) in [5, 5.41) is 0. The van der Waals surface area contributed by atoms with Gasteiger partial charge in [0.25, 0.3) is 0 Å². The number of benzene rings is 1. The van der Waals surface area contributed by atoms with Crippen molar-refractivity contribution in [2.45, 2.75) is 27.0 Å². The van der Waals surface area contributed by atoms with E-state index in [0.29, 0.717) is 6.61 Å². The number of hydrogen-bond donors (Lipinski definition) is 0. The van der Waals surface area contributed by atoms with Crippen molar-refractivity contribution in [1.82, 2.24) is 0 Å². The Bertz CT molecular complexity index is 792. The van der Waals surface area contributed by atoms with Crippen molar-refractivity contribution in [3.05, 3.63) is 95.6 Å². The molecule has 132 valence electrons. The van der Waals surface area contributed by atoms with Gasteiger partial charge in [-0.3, -0.25) is 4.84 Å². The average molecular weight is 466 g/mol. The van der Waals surface area contributed by atoms with Crippen molar-refractivity contribution in [2.24, 2.45) is 0 Å². The summed E-state index contributed by atoms with van der Waals surface area (Å²) in [4.78, 5) is 5.81. The Morgan fingerprint density at radius 1 is 0.720 bits per heavy atom. The van der Waals surface area contributed by atoms with E-state index in [1.165, 1.54) is 16.8 Å². The molecule has 0 bridgehead atoms. The van der Waals surface area contributed by atoms with Crippen LogP contribution < -0.4 is 48.1 Å². The fourth-order valence-corrected chi connectivity index (χ4v) is 2.48. The topological polar surface area (TPSA) is 17.0 Å². The number of aryl methyl sites for hydroxylation is 2. The highest BCUT2D eigenvalue weighted by Crippen LogP contribution is 2.05. The van der Waals surface area contributed by atoms with Crippen LogP contribution in [0.1, 0.15) is 22.5 Å². The molecule has 2 heterocycles. The van der Waals surface area contributed by atoms with E-state index in [1.807, 2.05) is 31.3 Å². The first-order valence-corrected chi connectivity index (χ1v) is 7.86. The molecule has 0 amide bonds. The molecule has 0 radical (unpaired) electrons. The SMILES string of the molecule is Cc1cccc[n+]1Cc1ccc(CO[n+]2ccccc2C)cc1.[Br-].[Br-]. The number of aromatic nitrogens is 2. The van der Waals surface area contributed by atoms with E-state index in [0.717, 1.165) is 12.2 Å². The van der Waals surface area contributed by atoms with Gasteiger partial charge in [-0.05, 0) is 11.6 Å². The lowest BCUT2D eigenvalue weighted by Crippen LogP contribution is -3.00. The molecule has 0 aliphatic rings. The van der Waals surface area contributed by atoms with Gasteiger partial charge in [0, 0.05) is 48.4 Å². The maximum absolute atomic E-state index is 5.81. The molecule has 3 aromatic rings. The van der Waals surface area contributed by atoms with E-state index >= 15 is 0 Å². The Morgan fingerprint density at radius 3 is 1.96 bits per heavy atom. The summed E-state index contributed by atoms with van der Waals surface area (Å²) in [6, 6.07) is 20.9. The van der Waals surface area contributed by atoms with Gasteiger partial charge in [-0.2, -0.15) is 4.57 Å². The standard InChI is InChI=1S/C20H22N2O.2BrH/c1-17-7-3-5-13-21(17)15-19-9-11-20(12-10-19)16-23-22-14-6-4-8-18(22)2;;/h3-14H,15-16H2,1-2H3;2*1H/q+2;;/p-2. The number of nitrogens with zero attached hydrogens (tertiary/aromatic N) is 2. The van der Waals surface area contributed by atoms with Gasteiger partial charge in [-0.25, -0.2) is 0 Å². The lowest BCUT2D eigenvalue weighted by molar-refractivity contribution is -0.899. The van der Waals surface area contributed by atoms with Crippen molar-refractivity contribution >= 4 is 0 Å². The number of pyridine rings is 2. The summed E-state index contributed by atoms with van der Waals surface area (Å²) in [5.41, 5.74) is 4.80. The first-order valence-electron chi connectivity index (χ1n) is 7.86. The molecule has 0 unspecified atom stereocenters. The minimum atomic E-state index is 0. The van der Waals surface area contributed by atoms with Crippen LogP contribution >= 0.6 is 0 Å². The van der Waals surface area contributed by atoms with Gasteiger partial charge in [-0.15, -0.1) is 0 Å². The van der Waals surface area contributed by atoms with Gasteiger partial charge in [0.2, 0.25) is 11.9 Å². The Morgan fingerprint density at radius 2 is 1.32 bits per heavy atom. The zero-order valence-electron chi connectivity index (χ0n) is 14.4. The second kappa shape index (κ2) is 10.3. The van der Waals surface area contributed by atoms with Gasteiger partial charge in [0.1, 0.15) is 0 Å². The van der Waals surface area contributed by atoms with Crippen molar-refractivity contribution in [2.75, 3.05) is 0 Å². The second-order valence-corrected chi connectivity index (χ2v) is 5.73. The maximum atomic E-state index is 5.81. The monoisotopic (exact) mass is 464 g/mol. The molecule has 0 fully saturated rings. The Labute approximate surface area is 170 Å². The lowest BCUT2D eigenvalue weighted by atomic mass is 10.1. The zero-order valence-corrected chi connectivity index (χ0v) is 17.6. The zero-order chi connectivity index (χ0) is 16.1. The smallest absolute Gasteiger partial charge is 0.231 e. The van der Waals surface area contributed by atoms with Gasteiger partial charge >= 0.3 is 0 Å². The van der Waals surface area contributed by atoms with Gasteiger partial charge < -0.3 is 34.0 Å². The summed E-state index contributed by atoms with van der Waals surface area (Å²) < 4.78 is 4.05. The molecule has 0 aliphatic carbocycles. The highest BCUT2D eigenvalue weighted by Gasteiger charge is 2.08. The van der Waals surface area contributed by atoms with Crippen LogP contribution in [0.25, 0.3) is 0 Å². The molecular formula is C20H22Br2N2O. The van der Waals surface area contributed by atoms with Crippen LogP contribution in [0.2, 0.25) is 0 Å². The summed E-state index contributed by atoms with van der Waals surface area (Å²) >= 11 is 0. The highest BCUT2D eigenvalue weighted by atomic mass is 79.9. The largest absolute Gasteiger partial charge is 1.00 e. The lowest BCUT2D eigenvalue weighted by Gasteiger charge is -2.03. The van der Waals surface area contributed by atoms with E-state index in [2.05, 4.69) is 60.2 Å². The molecule has 2 aromatic heterocycles. The van der Waals surface area contributed by atoms with E-state index in [9.17, 15) is 0 Å². The van der Waals surface area contributed by atoms with Crippen molar-refractivity contribution in [3.63, 3.8) is 0 Å².